The van der Waals surface area contributed by atoms with Crippen LogP contribution in [0.3, 0.4) is 0 Å². The minimum absolute atomic E-state index is 0.275. The van der Waals surface area contributed by atoms with Crippen LogP contribution >= 0.6 is 0 Å². The molecule has 164 valence electrons. The second-order valence-corrected chi connectivity index (χ2v) is 8.03. The summed E-state index contributed by atoms with van der Waals surface area (Å²) in [4.78, 5) is 17.8. The summed E-state index contributed by atoms with van der Waals surface area (Å²) >= 11 is 0. The first-order chi connectivity index (χ1) is 15.6. The maximum atomic E-state index is 13.4. The van der Waals surface area contributed by atoms with Crippen LogP contribution in [0.25, 0.3) is 22.4 Å². The Bertz CT molecular complexity index is 1220. The number of benzene rings is 1. The molecule has 1 aliphatic carbocycles. The maximum Gasteiger partial charge on any atom is 0.224 e. The first-order valence-corrected chi connectivity index (χ1v) is 10.7. The predicted octanol–water partition coefficient (Wildman–Crippen LogP) is 3.24. The number of nitrogens with two attached hydrogens (primary N) is 1. The smallest absolute Gasteiger partial charge is 0.224 e. The van der Waals surface area contributed by atoms with Crippen LogP contribution in [0, 0.1) is 5.82 Å². The minimum Gasteiger partial charge on any atom is -0.351 e. The fourth-order valence-electron chi connectivity index (χ4n) is 3.92. The molecule has 3 heterocycles. The van der Waals surface area contributed by atoms with E-state index in [0.717, 1.165) is 36.6 Å². The van der Waals surface area contributed by atoms with Crippen LogP contribution in [0.2, 0.25) is 0 Å². The average Bonchev–Trinajstić information content (AvgIpc) is 3.23. The first-order valence-electron chi connectivity index (χ1n) is 10.7. The highest BCUT2D eigenvalue weighted by Gasteiger charge is 2.20. The van der Waals surface area contributed by atoms with Gasteiger partial charge in [0.1, 0.15) is 11.5 Å². The Kier molecular flexibility index (Phi) is 5.59. The summed E-state index contributed by atoms with van der Waals surface area (Å²) in [6.07, 6.45) is 7.46. The van der Waals surface area contributed by atoms with E-state index in [9.17, 15) is 4.39 Å². The Labute approximate surface area is 184 Å². The van der Waals surface area contributed by atoms with Crippen molar-refractivity contribution in [1.82, 2.24) is 30.1 Å². The maximum absolute atomic E-state index is 13.4. The lowest BCUT2D eigenvalue weighted by Gasteiger charge is -2.26. The van der Waals surface area contributed by atoms with Crippen molar-refractivity contribution in [2.75, 3.05) is 10.6 Å². The first kappa shape index (κ1) is 20.3. The van der Waals surface area contributed by atoms with E-state index in [1.54, 1.807) is 24.5 Å². The van der Waals surface area contributed by atoms with Crippen molar-refractivity contribution in [3.05, 3.63) is 54.1 Å². The van der Waals surface area contributed by atoms with Gasteiger partial charge in [0, 0.05) is 31.0 Å². The third kappa shape index (κ3) is 4.50. The van der Waals surface area contributed by atoms with E-state index in [-0.39, 0.29) is 5.82 Å². The lowest BCUT2D eigenvalue weighted by Crippen LogP contribution is -2.33. The SMILES string of the molecule is N[C@H]1CC[C@H](Nc2ncc3c(-c4ccnc(NCc5cccc(F)c5)n4)n[nH]c3n2)CC1. The summed E-state index contributed by atoms with van der Waals surface area (Å²) in [5.74, 6) is 0.730. The zero-order chi connectivity index (χ0) is 21.9. The van der Waals surface area contributed by atoms with Gasteiger partial charge in [-0.05, 0) is 49.4 Å². The molecule has 0 aliphatic heterocycles. The topological polar surface area (TPSA) is 130 Å². The summed E-state index contributed by atoms with van der Waals surface area (Å²) in [5, 5.41) is 14.7. The molecule has 1 aliphatic rings. The number of anilines is 2. The van der Waals surface area contributed by atoms with Gasteiger partial charge in [-0.2, -0.15) is 10.1 Å². The van der Waals surface area contributed by atoms with Crippen LogP contribution in [0.5, 0.6) is 0 Å². The fourth-order valence-corrected chi connectivity index (χ4v) is 3.92. The Morgan fingerprint density at radius 3 is 2.78 bits per heavy atom. The van der Waals surface area contributed by atoms with Gasteiger partial charge in [-0.3, -0.25) is 5.10 Å². The van der Waals surface area contributed by atoms with Crippen molar-refractivity contribution < 1.29 is 4.39 Å². The molecule has 0 unspecified atom stereocenters. The third-order valence-corrected chi connectivity index (χ3v) is 5.66. The van der Waals surface area contributed by atoms with E-state index in [0.29, 0.717) is 47.6 Å². The molecule has 0 saturated heterocycles. The van der Waals surface area contributed by atoms with Gasteiger partial charge in [0.2, 0.25) is 11.9 Å². The van der Waals surface area contributed by atoms with E-state index in [1.807, 2.05) is 6.07 Å². The number of rotatable bonds is 6. The molecule has 1 saturated carbocycles. The molecule has 5 rings (SSSR count). The summed E-state index contributed by atoms with van der Waals surface area (Å²) in [7, 11) is 0. The highest BCUT2D eigenvalue weighted by Crippen LogP contribution is 2.25. The number of aromatic amines is 1. The fraction of sp³-hybridized carbons (Fsp3) is 0.318. The van der Waals surface area contributed by atoms with Crippen LogP contribution in [0.4, 0.5) is 16.3 Å². The lowest BCUT2D eigenvalue weighted by molar-refractivity contribution is 0.410. The number of halogens is 1. The van der Waals surface area contributed by atoms with Crippen LogP contribution in [-0.2, 0) is 6.54 Å². The Morgan fingerprint density at radius 1 is 1.06 bits per heavy atom. The molecule has 0 atom stereocenters. The number of nitrogens with zero attached hydrogens (tertiary/aromatic N) is 5. The number of hydrogen-bond acceptors (Lipinski definition) is 8. The molecule has 32 heavy (non-hydrogen) atoms. The average molecular weight is 433 g/mol. The molecule has 0 bridgehead atoms. The largest absolute Gasteiger partial charge is 0.351 e. The van der Waals surface area contributed by atoms with Gasteiger partial charge in [-0.1, -0.05) is 12.1 Å². The van der Waals surface area contributed by atoms with Gasteiger partial charge in [-0.15, -0.1) is 0 Å². The number of nitrogens with one attached hydrogen (secondary N) is 3. The molecular formula is C22H24FN9. The third-order valence-electron chi connectivity index (χ3n) is 5.66. The highest BCUT2D eigenvalue weighted by molar-refractivity contribution is 5.89. The van der Waals surface area contributed by atoms with E-state index in [2.05, 4.69) is 40.8 Å². The van der Waals surface area contributed by atoms with Crippen molar-refractivity contribution in [3.63, 3.8) is 0 Å². The summed E-state index contributed by atoms with van der Waals surface area (Å²) < 4.78 is 13.4. The van der Waals surface area contributed by atoms with Gasteiger partial charge < -0.3 is 16.4 Å². The van der Waals surface area contributed by atoms with Crippen molar-refractivity contribution in [2.24, 2.45) is 5.73 Å². The normalized spacial score (nSPS) is 18.6. The molecule has 9 nitrogen and oxygen atoms in total. The summed E-state index contributed by atoms with van der Waals surface area (Å²) in [6, 6.07) is 8.81. The van der Waals surface area contributed by atoms with Gasteiger partial charge in [0.25, 0.3) is 0 Å². The Balaban J connectivity index is 1.31. The number of hydrogen-bond donors (Lipinski definition) is 4. The standard InChI is InChI=1S/C22H24FN9/c23-14-3-1-2-13(10-14)11-26-21-25-9-8-18(29-21)19-17-12-27-22(30-20(17)32-31-19)28-16-6-4-15(24)5-7-16/h1-3,8-10,12,15-16H,4-7,11,24H2,(H,25,26,29)(H2,27,28,30,31,32)/t15-,16-. The van der Waals surface area contributed by atoms with Crippen molar-refractivity contribution in [2.45, 2.75) is 44.3 Å². The molecular weight excluding hydrogens is 409 g/mol. The monoisotopic (exact) mass is 433 g/mol. The van der Waals surface area contributed by atoms with Crippen LogP contribution in [0.15, 0.2) is 42.7 Å². The van der Waals surface area contributed by atoms with Crippen molar-refractivity contribution in [1.29, 1.82) is 0 Å². The molecule has 5 N–H and O–H groups in total. The van der Waals surface area contributed by atoms with Gasteiger partial charge in [0.15, 0.2) is 5.65 Å². The molecule has 1 fully saturated rings. The minimum atomic E-state index is -0.275. The van der Waals surface area contributed by atoms with Crippen molar-refractivity contribution >= 4 is 22.9 Å². The zero-order valence-corrected chi connectivity index (χ0v) is 17.4. The molecule has 0 radical (unpaired) electrons. The molecule has 1 aromatic carbocycles. The number of H-pyrrole nitrogens is 1. The molecule has 0 amide bonds. The van der Waals surface area contributed by atoms with Crippen molar-refractivity contribution in [3.8, 4) is 11.4 Å². The number of aromatic nitrogens is 6. The Morgan fingerprint density at radius 2 is 1.94 bits per heavy atom. The summed E-state index contributed by atoms with van der Waals surface area (Å²) in [5.41, 5.74) is 8.71. The van der Waals surface area contributed by atoms with Crippen LogP contribution in [-0.4, -0.2) is 42.2 Å². The zero-order valence-electron chi connectivity index (χ0n) is 17.4. The van der Waals surface area contributed by atoms with E-state index < -0.39 is 0 Å². The van der Waals surface area contributed by atoms with Crippen LogP contribution in [0.1, 0.15) is 31.2 Å². The quantitative estimate of drug-likeness (QED) is 0.365. The Hall–Kier alpha value is -3.66. The molecule has 0 spiro atoms. The van der Waals surface area contributed by atoms with E-state index in [1.165, 1.54) is 12.1 Å². The lowest BCUT2D eigenvalue weighted by atomic mass is 9.92. The molecule has 3 aromatic heterocycles. The predicted molar refractivity (Wildman–Crippen MR) is 120 cm³/mol. The van der Waals surface area contributed by atoms with Gasteiger partial charge in [0.05, 0.1) is 11.1 Å². The molecule has 4 aromatic rings. The second kappa shape index (κ2) is 8.83. The number of fused-ring (bicyclic) bond motifs is 1. The van der Waals surface area contributed by atoms with E-state index >= 15 is 0 Å². The second-order valence-electron chi connectivity index (χ2n) is 8.03. The molecule has 10 heteroatoms. The summed E-state index contributed by atoms with van der Waals surface area (Å²) in [6.45, 7) is 0.409. The highest BCUT2D eigenvalue weighted by atomic mass is 19.1. The van der Waals surface area contributed by atoms with Gasteiger partial charge >= 0.3 is 0 Å². The van der Waals surface area contributed by atoms with E-state index in [4.69, 9.17) is 5.73 Å². The van der Waals surface area contributed by atoms with Crippen LogP contribution < -0.4 is 16.4 Å². The van der Waals surface area contributed by atoms with Gasteiger partial charge in [-0.25, -0.2) is 19.3 Å².